The second-order valence-corrected chi connectivity index (χ2v) is 14.3. The number of ketones is 3. The summed E-state index contributed by atoms with van der Waals surface area (Å²) in [5, 5.41) is 33.5. The van der Waals surface area contributed by atoms with Gasteiger partial charge >= 0.3 is 91.8 Å². The van der Waals surface area contributed by atoms with E-state index in [1.807, 2.05) is 0 Å². The van der Waals surface area contributed by atoms with Crippen molar-refractivity contribution in [3.8, 4) is 0 Å². The molecule has 0 saturated carbocycles. The molecule has 0 aromatic carbocycles. The summed E-state index contributed by atoms with van der Waals surface area (Å²) in [5.41, 5.74) is -4.09. The molecule has 6 nitrogen and oxygen atoms in total. The van der Waals surface area contributed by atoms with Gasteiger partial charge in [-0.05, 0) is 34.5 Å². The fourth-order valence-electron chi connectivity index (χ4n) is 2.28. The fourth-order valence-corrected chi connectivity index (χ4v) is 2.28. The maximum atomic E-state index is 12.8. The van der Waals surface area contributed by atoms with Crippen LogP contribution in [0.5, 0.6) is 0 Å². The van der Waals surface area contributed by atoms with Gasteiger partial charge in [0.15, 0.2) is 0 Å². The molecule has 0 rings (SSSR count). The monoisotopic (exact) mass is 1050 g/mol. The van der Waals surface area contributed by atoms with Crippen molar-refractivity contribution in [3.63, 3.8) is 0 Å². The molecule has 0 aromatic rings. The quantitative estimate of drug-likeness (QED) is 0.0999. The summed E-state index contributed by atoms with van der Waals surface area (Å²) in [6.45, 7) is 10.6. The molecule has 0 amide bonds. The summed E-state index contributed by atoms with van der Waals surface area (Å²) in [6.07, 6.45) is -21.1. The topological polar surface area (TPSA) is 120 Å². The molecule has 0 N–H and O–H groups in total. The maximum absolute atomic E-state index is 12.8. The van der Waals surface area contributed by atoms with Crippen molar-refractivity contribution in [1.29, 1.82) is 0 Å². The van der Waals surface area contributed by atoms with Crippen LogP contribution in [0.1, 0.15) is 62.3 Å². The maximum Gasteiger partial charge on any atom is 3.00 e. The number of hydrogen-bond donors (Lipinski definition) is 0. The second-order valence-electron chi connectivity index (χ2n) is 14.3. The molecule has 344 valence electrons. The van der Waals surface area contributed by atoms with Crippen LogP contribution in [0.2, 0.25) is 0 Å². The Hall–Kier alpha value is -2.58. The standard InChI is InChI=1S/3C10H11F7O2.Ho/c3*1-7(2,3)5(18)4-6(19)8(11,12)9(13,14)10(15,16)17;/h3*4,18H,1-3H3;/q;;;+3/p-3/b3*5-4-;. The number of rotatable bonds is 9. The van der Waals surface area contributed by atoms with E-state index < -0.39 is 123 Å². The Kier molecular flexibility index (Phi) is 20.3. The van der Waals surface area contributed by atoms with Gasteiger partial charge in [-0.2, -0.15) is 92.2 Å². The summed E-state index contributed by atoms with van der Waals surface area (Å²) < 4.78 is 258. The van der Waals surface area contributed by atoms with E-state index in [1.165, 1.54) is 62.3 Å². The molecule has 0 fully saturated rings. The van der Waals surface area contributed by atoms with Crippen LogP contribution in [0.3, 0.4) is 0 Å². The number of halogens is 21. The summed E-state index contributed by atoms with van der Waals surface area (Å²) in [4.78, 5) is 32.4. The number of allylic oxidation sites excluding steroid dienone is 6. The van der Waals surface area contributed by atoms with Crippen molar-refractivity contribution in [2.75, 3.05) is 0 Å². The first-order valence-corrected chi connectivity index (χ1v) is 14.4. The minimum absolute atomic E-state index is 0. The summed E-state index contributed by atoms with van der Waals surface area (Å²) >= 11 is 0. The predicted octanol–water partition coefficient (Wildman–Crippen LogP) is 8.04. The second kappa shape index (κ2) is 19.0. The van der Waals surface area contributed by atoms with E-state index in [4.69, 9.17) is 0 Å². The van der Waals surface area contributed by atoms with Gasteiger partial charge in [-0.1, -0.05) is 62.3 Å². The third-order valence-electron chi connectivity index (χ3n) is 6.18. The van der Waals surface area contributed by atoms with Crippen LogP contribution in [0.25, 0.3) is 0 Å². The smallest absolute Gasteiger partial charge is 0.875 e. The molecule has 0 aliphatic rings. The zero-order valence-corrected chi connectivity index (χ0v) is 32.4. The molecule has 0 unspecified atom stereocenters. The average Bonchev–Trinajstić information content (AvgIpc) is 2.93. The summed E-state index contributed by atoms with van der Waals surface area (Å²) in [6, 6.07) is 0. The van der Waals surface area contributed by atoms with Gasteiger partial charge in [0.05, 0.1) is 0 Å². The molecule has 0 spiro atoms. The van der Waals surface area contributed by atoms with Gasteiger partial charge in [0.1, 0.15) is 0 Å². The molecule has 0 atom stereocenters. The first kappa shape index (κ1) is 62.1. The van der Waals surface area contributed by atoms with Gasteiger partial charge < -0.3 is 15.3 Å². The number of alkyl halides is 21. The van der Waals surface area contributed by atoms with E-state index in [1.54, 1.807) is 0 Å². The Morgan fingerprint density at radius 1 is 0.328 bits per heavy atom. The van der Waals surface area contributed by atoms with Gasteiger partial charge in [0, 0.05) is 0 Å². The third kappa shape index (κ3) is 14.9. The average molecular weight is 1050 g/mol. The Labute approximate surface area is 344 Å². The number of hydrogen-bond acceptors (Lipinski definition) is 6. The molecule has 0 radical (unpaired) electrons. The van der Waals surface area contributed by atoms with Crippen molar-refractivity contribution in [3.05, 3.63) is 35.5 Å². The summed E-state index contributed by atoms with van der Waals surface area (Å²) in [7, 11) is 0. The van der Waals surface area contributed by atoms with Crippen molar-refractivity contribution in [1.82, 2.24) is 0 Å². The molecule has 28 heteroatoms. The van der Waals surface area contributed by atoms with Crippen LogP contribution < -0.4 is 15.3 Å². The molecule has 58 heavy (non-hydrogen) atoms. The van der Waals surface area contributed by atoms with Crippen LogP contribution in [0, 0.1) is 54.0 Å². The van der Waals surface area contributed by atoms with Gasteiger partial charge in [-0.3, -0.25) is 14.4 Å². The van der Waals surface area contributed by atoms with Crippen molar-refractivity contribution in [2.24, 2.45) is 16.2 Å². The normalized spacial score (nSPS) is 15.3. The minimum Gasteiger partial charge on any atom is -0.875 e. The number of carbonyl (C=O) groups is 3. The van der Waals surface area contributed by atoms with E-state index in [2.05, 4.69) is 0 Å². The van der Waals surface area contributed by atoms with Crippen molar-refractivity contribution in [2.45, 2.75) is 116 Å². The Balaban J connectivity index is -0.000000374. The molecular formula is C30H30F21HoO6. The van der Waals surface area contributed by atoms with Crippen LogP contribution in [0.15, 0.2) is 35.5 Å². The number of carbonyl (C=O) groups excluding carboxylic acids is 3. The van der Waals surface area contributed by atoms with E-state index >= 15 is 0 Å². The van der Waals surface area contributed by atoms with Crippen LogP contribution in [0.4, 0.5) is 92.2 Å². The Morgan fingerprint density at radius 3 is 0.534 bits per heavy atom. The fraction of sp³-hybridized carbons (Fsp3) is 0.700. The van der Waals surface area contributed by atoms with Crippen molar-refractivity contribution >= 4 is 17.3 Å². The van der Waals surface area contributed by atoms with Crippen LogP contribution >= 0.6 is 0 Å². The molecular weight excluding hydrogens is 1020 g/mol. The minimum atomic E-state index is -6.61. The van der Waals surface area contributed by atoms with Gasteiger partial charge in [0.2, 0.25) is 17.3 Å². The molecule has 0 aliphatic carbocycles. The van der Waals surface area contributed by atoms with E-state index in [-0.39, 0.29) is 37.7 Å². The van der Waals surface area contributed by atoms with E-state index in [9.17, 15) is 122 Å². The van der Waals surface area contributed by atoms with Crippen LogP contribution in [-0.4, -0.2) is 71.4 Å². The zero-order chi connectivity index (χ0) is 47.6. The third-order valence-corrected chi connectivity index (χ3v) is 6.18. The predicted molar refractivity (Wildman–Crippen MR) is 145 cm³/mol. The van der Waals surface area contributed by atoms with Gasteiger partial charge in [-0.15, -0.1) is 17.3 Å². The molecule has 0 bridgehead atoms. The first-order chi connectivity index (χ1) is 24.1. The largest absolute Gasteiger partial charge is 3.00 e. The van der Waals surface area contributed by atoms with E-state index in [0.29, 0.717) is 0 Å². The SMILES string of the molecule is CC(C)(C)/C([O-])=C/C(=O)C(F)(F)C(F)(F)C(F)(F)F.CC(C)(C)/C([O-])=C/C(=O)C(F)(F)C(F)(F)C(F)(F)F.CC(C)(C)/C([O-])=C/C(=O)C(F)(F)C(F)(F)C(F)(F)F.[Ho+3]. The zero-order valence-electron chi connectivity index (χ0n) is 30.4. The van der Waals surface area contributed by atoms with E-state index in [0.717, 1.165) is 0 Å². The molecule has 0 saturated heterocycles. The molecule has 0 heterocycles. The summed E-state index contributed by atoms with van der Waals surface area (Å²) in [5.74, 6) is -50.2. The van der Waals surface area contributed by atoms with Crippen LogP contribution in [-0.2, 0) is 14.4 Å². The first-order valence-electron chi connectivity index (χ1n) is 14.4. The Bertz CT molecular complexity index is 1350. The Morgan fingerprint density at radius 2 is 0.448 bits per heavy atom. The van der Waals surface area contributed by atoms with Crippen molar-refractivity contribution < 1.29 is 160 Å². The van der Waals surface area contributed by atoms with Gasteiger partial charge in [0.25, 0.3) is 0 Å². The molecule has 0 aliphatic heterocycles. The molecule has 0 aromatic heterocycles. The van der Waals surface area contributed by atoms with Gasteiger partial charge in [-0.25, -0.2) is 0 Å².